The van der Waals surface area contributed by atoms with Crippen molar-refractivity contribution in [1.82, 2.24) is 4.98 Å². The van der Waals surface area contributed by atoms with Crippen LogP contribution in [0.5, 0.6) is 5.75 Å². The fourth-order valence-electron chi connectivity index (χ4n) is 2.14. The molecule has 25 heavy (non-hydrogen) atoms. The number of anilines is 3. The zero-order chi connectivity index (χ0) is 17.7. The van der Waals surface area contributed by atoms with Crippen molar-refractivity contribution in [3.05, 3.63) is 60.1 Å². The van der Waals surface area contributed by atoms with Gasteiger partial charge >= 0.3 is 0 Å². The Balaban J connectivity index is 1.73. The number of nitrogens with one attached hydrogen (secondary N) is 2. The van der Waals surface area contributed by atoms with Crippen LogP contribution in [0.15, 0.2) is 64.3 Å². The summed E-state index contributed by atoms with van der Waals surface area (Å²) >= 11 is 1.16. The molecule has 3 aromatic rings. The second-order valence-electron chi connectivity index (χ2n) is 5.02. The van der Waals surface area contributed by atoms with Crippen molar-refractivity contribution in [2.24, 2.45) is 0 Å². The summed E-state index contributed by atoms with van der Waals surface area (Å²) < 4.78 is 32.6. The van der Waals surface area contributed by atoms with Crippen LogP contribution in [0, 0.1) is 0 Å². The predicted molar refractivity (Wildman–Crippen MR) is 100 cm³/mol. The molecule has 0 spiro atoms. The minimum Gasteiger partial charge on any atom is -0.492 e. The van der Waals surface area contributed by atoms with Crippen LogP contribution in [0.4, 0.5) is 17.2 Å². The minimum atomic E-state index is -3.59. The van der Waals surface area contributed by atoms with Gasteiger partial charge in [0.05, 0.1) is 24.2 Å². The van der Waals surface area contributed by atoms with Crippen molar-refractivity contribution < 1.29 is 13.2 Å². The molecule has 8 heteroatoms. The normalized spacial score (nSPS) is 11.1. The molecule has 0 radical (unpaired) electrons. The Morgan fingerprint density at radius 1 is 1.12 bits per heavy atom. The lowest BCUT2D eigenvalue weighted by Crippen LogP contribution is -2.12. The number of benzene rings is 1. The van der Waals surface area contributed by atoms with Crippen LogP contribution in [0.25, 0.3) is 0 Å². The van der Waals surface area contributed by atoms with Crippen molar-refractivity contribution in [3.63, 3.8) is 0 Å². The number of sulfonamides is 1. The van der Waals surface area contributed by atoms with Gasteiger partial charge in [-0.15, -0.1) is 11.3 Å². The summed E-state index contributed by atoms with van der Waals surface area (Å²) in [6, 6.07) is 14.2. The van der Waals surface area contributed by atoms with E-state index in [0.717, 1.165) is 28.5 Å². The van der Waals surface area contributed by atoms with Gasteiger partial charge in [0, 0.05) is 0 Å². The maximum Gasteiger partial charge on any atom is 0.272 e. The summed E-state index contributed by atoms with van der Waals surface area (Å²) in [7, 11) is -3.59. The van der Waals surface area contributed by atoms with Gasteiger partial charge in [-0.2, -0.15) is 0 Å². The highest BCUT2D eigenvalue weighted by Crippen LogP contribution is 2.27. The Labute approximate surface area is 150 Å². The highest BCUT2D eigenvalue weighted by atomic mass is 32.2. The number of aromatic nitrogens is 1. The fourth-order valence-corrected chi connectivity index (χ4v) is 4.14. The molecular weight excluding hydrogens is 358 g/mol. The average molecular weight is 375 g/mol. The van der Waals surface area contributed by atoms with E-state index < -0.39 is 10.0 Å². The van der Waals surface area contributed by atoms with E-state index in [9.17, 15) is 8.42 Å². The number of ether oxygens (including phenoxy) is 1. The first-order chi connectivity index (χ1) is 12.1. The first kappa shape index (κ1) is 17.2. The van der Waals surface area contributed by atoms with Crippen molar-refractivity contribution in [2.45, 2.75) is 11.1 Å². The lowest BCUT2D eigenvalue weighted by molar-refractivity contribution is 0.342. The average Bonchev–Trinajstić information content (AvgIpc) is 3.14. The Hall–Kier alpha value is -2.58. The molecule has 2 heterocycles. The molecule has 2 aromatic heterocycles. The van der Waals surface area contributed by atoms with Crippen LogP contribution in [-0.4, -0.2) is 20.0 Å². The van der Waals surface area contributed by atoms with Gasteiger partial charge in [0.1, 0.15) is 15.8 Å². The Bertz CT molecular complexity index is 924. The number of para-hydroxylation sites is 2. The highest BCUT2D eigenvalue weighted by Gasteiger charge is 2.15. The molecule has 0 unspecified atom stereocenters. The van der Waals surface area contributed by atoms with Gasteiger partial charge in [-0.05, 0) is 42.6 Å². The third kappa shape index (κ3) is 4.28. The topological polar surface area (TPSA) is 80.3 Å². The van der Waals surface area contributed by atoms with Gasteiger partial charge in [0.25, 0.3) is 10.0 Å². The number of hydrogen-bond acceptors (Lipinski definition) is 6. The van der Waals surface area contributed by atoms with Crippen molar-refractivity contribution in [3.8, 4) is 5.75 Å². The van der Waals surface area contributed by atoms with Crippen LogP contribution >= 0.6 is 11.3 Å². The van der Waals surface area contributed by atoms with Gasteiger partial charge in [-0.1, -0.05) is 18.2 Å². The smallest absolute Gasteiger partial charge is 0.272 e. The standard InChI is InChI=1S/C17H17N3O3S2/c1-2-23-15-7-4-3-6-14(15)19-13-9-10-16(18-12-13)20-25(21,22)17-8-5-11-24-17/h3-12,19H,2H2,1H3,(H,18,20). The summed E-state index contributed by atoms with van der Waals surface area (Å²) in [4.78, 5) is 4.16. The lowest BCUT2D eigenvalue weighted by atomic mass is 10.2. The van der Waals surface area contributed by atoms with Crippen LogP contribution < -0.4 is 14.8 Å². The summed E-state index contributed by atoms with van der Waals surface area (Å²) in [5.41, 5.74) is 1.55. The summed E-state index contributed by atoms with van der Waals surface area (Å²) in [5, 5.41) is 4.93. The number of pyridine rings is 1. The fraction of sp³-hybridized carbons (Fsp3) is 0.118. The number of thiophene rings is 1. The molecule has 0 atom stereocenters. The number of nitrogens with zero attached hydrogens (tertiary/aromatic N) is 1. The summed E-state index contributed by atoms with van der Waals surface area (Å²) in [5.74, 6) is 1.00. The van der Waals surface area contributed by atoms with E-state index in [-0.39, 0.29) is 10.0 Å². The third-order valence-electron chi connectivity index (χ3n) is 3.23. The predicted octanol–water partition coefficient (Wildman–Crippen LogP) is 4.09. The molecule has 0 bridgehead atoms. The molecule has 0 saturated carbocycles. The first-order valence-electron chi connectivity index (χ1n) is 7.60. The molecule has 1 aromatic carbocycles. The summed E-state index contributed by atoms with van der Waals surface area (Å²) in [6.45, 7) is 2.49. The van der Waals surface area contributed by atoms with Crippen LogP contribution in [0.1, 0.15) is 6.92 Å². The second kappa shape index (κ2) is 7.54. The molecule has 2 N–H and O–H groups in total. The van der Waals surface area contributed by atoms with E-state index in [2.05, 4.69) is 15.0 Å². The SMILES string of the molecule is CCOc1ccccc1Nc1ccc(NS(=O)(=O)c2cccs2)nc1. The molecule has 3 rings (SSSR count). The van der Waals surface area contributed by atoms with E-state index in [4.69, 9.17) is 4.74 Å². The zero-order valence-corrected chi connectivity index (χ0v) is 15.1. The molecule has 0 fully saturated rings. The Morgan fingerprint density at radius 3 is 2.64 bits per heavy atom. The highest BCUT2D eigenvalue weighted by molar-refractivity contribution is 7.94. The molecule has 0 saturated heterocycles. The molecule has 6 nitrogen and oxygen atoms in total. The van der Waals surface area contributed by atoms with E-state index in [1.54, 1.807) is 35.8 Å². The minimum absolute atomic E-state index is 0.252. The zero-order valence-electron chi connectivity index (χ0n) is 13.5. The van der Waals surface area contributed by atoms with E-state index in [1.807, 2.05) is 31.2 Å². The maximum absolute atomic E-state index is 12.2. The third-order valence-corrected chi connectivity index (χ3v) is 5.98. The van der Waals surface area contributed by atoms with Gasteiger partial charge < -0.3 is 10.1 Å². The molecule has 0 amide bonds. The molecule has 0 aliphatic heterocycles. The van der Waals surface area contributed by atoms with Gasteiger partial charge in [-0.3, -0.25) is 4.72 Å². The van der Waals surface area contributed by atoms with Gasteiger partial charge in [0.2, 0.25) is 0 Å². The monoisotopic (exact) mass is 375 g/mol. The quantitative estimate of drug-likeness (QED) is 0.650. The number of rotatable bonds is 7. The van der Waals surface area contributed by atoms with Crippen LogP contribution in [0.3, 0.4) is 0 Å². The van der Waals surface area contributed by atoms with Crippen molar-refractivity contribution in [2.75, 3.05) is 16.6 Å². The Morgan fingerprint density at radius 2 is 1.96 bits per heavy atom. The lowest BCUT2D eigenvalue weighted by Gasteiger charge is -2.12. The molecular formula is C17H17N3O3S2. The van der Waals surface area contributed by atoms with Crippen LogP contribution in [-0.2, 0) is 10.0 Å². The second-order valence-corrected chi connectivity index (χ2v) is 7.88. The van der Waals surface area contributed by atoms with Crippen molar-refractivity contribution >= 4 is 38.6 Å². The van der Waals surface area contributed by atoms with E-state index in [0.29, 0.717) is 6.61 Å². The largest absolute Gasteiger partial charge is 0.492 e. The van der Waals surface area contributed by atoms with Gasteiger partial charge in [-0.25, -0.2) is 13.4 Å². The van der Waals surface area contributed by atoms with Gasteiger partial charge in [0.15, 0.2) is 0 Å². The Kier molecular flexibility index (Phi) is 5.20. The van der Waals surface area contributed by atoms with Crippen LogP contribution in [0.2, 0.25) is 0 Å². The van der Waals surface area contributed by atoms with E-state index >= 15 is 0 Å². The molecule has 0 aliphatic carbocycles. The summed E-state index contributed by atoms with van der Waals surface area (Å²) in [6.07, 6.45) is 1.56. The van der Waals surface area contributed by atoms with Crippen molar-refractivity contribution in [1.29, 1.82) is 0 Å². The maximum atomic E-state index is 12.2. The molecule has 130 valence electrons. The molecule has 0 aliphatic rings. The first-order valence-corrected chi connectivity index (χ1v) is 9.96. The number of hydrogen-bond donors (Lipinski definition) is 2. The van der Waals surface area contributed by atoms with E-state index in [1.165, 1.54) is 0 Å².